The zero-order chi connectivity index (χ0) is 16.7. The highest BCUT2D eigenvalue weighted by molar-refractivity contribution is 7.08. The maximum atomic E-state index is 13.0. The zero-order valence-corrected chi connectivity index (χ0v) is 14.6. The molecule has 1 aromatic heterocycles. The molecule has 0 bridgehead atoms. The first-order chi connectivity index (χ1) is 11.6. The van der Waals surface area contributed by atoms with Crippen LogP contribution < -0.4 is 4.90 Å². The number of carbonyl (C=O) groups is 1. The van der Waals surface area contributed by atoms with E-state index in [9.17, 15) is 4.79 Å². The molecule has 0 fully saturated rings. The Labute approximate surface area is 152 Å². The summed E-state index contributed by atoms with van der Waals surface area (Å²) in [6.07, 6.45) is 0. The molecule has 1 aliphatic heterocycles. The predicted octanol–water partition coefficient (Wildman–Crippen LogP) is 5.85. The highest BCUT2D eigenvalue weighted by atomic mass is 35.5. The van der Waals surface area contributed by atoms with Crippen LogP contribution in [0.15, 0.2) is 64.3 Å². The lowest BCUT2D eigenvalue weighted by molar-refractivity contribution is -0.111. The number of hydrogen-bond donors (Lipinski definition) is 0. The number of rotatable bonds is 2. The summed E-state index contributed by atoms with van der Waals surface area (Å²) in [5.41, 5.74) is 3.40. The van der Waals surface area contributed by atoms with E-state index in [0.29, 0.717) is 21.4 Å². The van der Waals surface area contributed by atoms with E-state index in [1.165, 1.54) is 0 Å². The summed E-state index contributed by atoms with van der Waals surface area (Å²) in [6.45, 7) is 0. The molecule has 118 valence electrons. The number of hydrogen-bond acceptors (Lipinski definition) is 3. The number of nitrogens with zero attached hydrogens (tertiary/aromatic N) is 2. The number of thiophene rings is 1. The van der Waals surface area contributed by atoms with Gasteiger partial charge in [-0.3, -0.25) is 9.69 Å². The van der Waals surface area contributed by atoms with Crippen LogP contribution >= 0.6 is 34.5 Å². The van der Waals surface area contributed by atoms with E-state index >= 15 is 0 Å². The summed E-state index contributed by atoms with van der Waals surface area (Å²) < 4.78 is 0. The number of carbonyl (C=O) groups excluding carboxylic acids is 1. The van der Waals surface area contributed by atoms with Crippen molar-refractivity contribution in [1.29, 1.82) is 0 Å². The van der Waals surface area contributed by atoms with E-state index < -0.39 is 0 Å². The molecule has 2 heterocycles. The molecule has 2 aromatic carbocycles. The monoisotopic (exact) mass is 372 g/mol. The van der Waals surface area contributed by atoms with Crippen molar-refractivity contribution in [1.82, 2.24) is 0 Å². The number of fused-ring (bicyclic) bond motifs is 1. The summed E-state index contributed by atoms with van der Waals surface area (Å²) in [5.74, 6) is -0.161. The van der Waals surface area contributed by atoms with Crippen molar-refractivity contribution in [2.75, 3.05) is 4.90 Å². The van der Waals surface area contributed by atoms with E-state index in [2.05, 4.69) is 4.99 Å². The molecule has 0 N–H and O–H groups in total. The minimum absolute atomic E-state index is 0.161. The molecule has 4 rings (SSSR count). The molecule has 1 amide bonds. The third kappa shape index (κ3) is 2.63. The van der Waals surface area contributed by atoms with Crippen LogP contribution in [0.2, 0.25) is 10.0 Å². The Kier molecular flexibility index (Phi) is 3.88. The Bertz CT molecular complexity index is 947. The normalized spacial score (nSPS) is 15.2. The number of amides is 1. The van der Waals surface area contributed by atoms with E-state index in [1.807, 2.05) is 41.1 Å². The Morgan fingerprint density at radius 1 is 1.00 bits per heavy atom. The summed E-state index contributed by atoms with van der Waals surface area (Å²) in [6, 6.07) is 14.5. The number of para-hydroxylation sites is 1. The van der Waals surface area contributed by atoms with Crippen molar-refractivity contribution in [2.45, 2.75) is 0 Å². The van der Waals surface area contributed by atoms with E-state index in [0.717, 1.165) is 16.9 Å². The van der Waals surface area contributed by atoms with E-state index in [1.54, 1.807) is 34.4 Å². The van der Waals surface area contributed by atoms with Gasteiger partial charge in [0, 0.05) is 21.0 Å². The van der Waals surface area contributed by atoms with Crippen LogP contribution in [0.25, 0.3) is 0 Å². The Balaban J connectivity index is 1.87. The Morgan fingerprint density at radius 3 is 2.46 bits per heavy atom. The topological polar surface area (TPSA) is 32.7 Å². The van der Waals surface area contributed by atoms with Crippen molar-refractivity contribution >= 4 is 63.2 Å². The standard InChI is InChI=1S/C18H10Cl2N2OS/c19-11-7-12(20)9-13(8-11)21-17-15-3-1-2-4-16(15)22(18(17)23)14-5-6-24-10-14/h1-10H. The molecule has 1 aliphatic rings. The average Bonchev–Trinajstić information content (AvgIpc) is 3.14. The minimum Gasteiger partial charge on any atom is -0.274 e. The van der Waals surface area contributed by atoms with Crippen LogP contribution in [0, 0.1) is 0 Å². The summed E-state index contributed by atoms with van der Waals surface area (Å²) in [7, 11) is 0. The fourth-order valence-corrected chi connectivity index (χ4v) is 3.82. The molecule has 3 nitrogen and oxygen atoms in total. The predicted molar refractivity (Wildman–Crippen MR) is 101 cm³/mol. The second kappa shape index (κ2) is 6.06. The van der Waals surface area contributed by atoms with Crippen molar-refractivity contribution < 1.29 is 4.79 Å². The lowest BCUT2D eigenvalue weighted by Crippen LogP contribution is -2.24. The van der Waals surface area contributed by atoms with Gasteiger partial charge in [0.05, 0.1) is 17.1 Å². The SMILES string of the molecule is O=C1C(=Nc2cc(Cl)cc(Cl)c2)c2ccccc2N1c1ccsc1. The van der Waals surface area contributed by atoms with Gasteiger partial charge in [-0.1, -0.05) is 41.4 Å². The first-order valence-corrected chi connectivity index (χ1v) is 8.84. The van der Waals surface area contributed by atoms with Crippen LogP contribution in [-0.4, -0.2) is 11.6 Å². The smallest absolute Gasteiger partial charge is 0.274 e. The first-order valence-electron chi connectivity index (χ1n) is 7.14. The maximum Gasteiger partial charge on any atom is 0.282 e. The Morgan fingerprint density at radius 2 is 1.75 bits per heavy atom. The average molecular weight is 373 g/mol. The second-order valence-corrected chi connectivity index (χ2v) is 6.88. The molecule has 3 aromatic rings. The van der Waals surface area contributed by atoms with Crippen LogP contribution in [0.1, 0.15) is 5.56 Å². The third-order valence-corrected chi connectivity index (χ3v) is 4.77. The highest BCUT2D eigenvalue weighted by Crippen LogP contribution is 2.37. The van der Waals surface area contributed by atoms with E-state index in [4.69, 9.17) is 23.2 Å². The summed E-state index contributed by atoms with van der Waals surface area (Å²) in [4.78, 5) is 19.2. The summed E-state index contributed by atoms with van der Waals surface area (Å²) >= 11 is 13.6. The number of halogens is 2. The van der Waals surface area contributed by atoms with E-state index in [-0.39, 0.29) is 5.91 Å². The molecule has 0 unspecified atom stereocenters. The molecule has 0 atom stereocenters. The van der Waals surface area contributed by atoms with Gasteiger partial charge in [-0.05, 0) is 35.7 Å². The van der Waals surface area contributed by atoms with Crippen LogP contribution in [0.4, 0.5) is 17.1 Å². The third-order valence-electron chi connectivity index (χ3n) is 3.66. The molecular weight excluding hydrogens is 363 g/mol. The fraction of sp³-hybridized carbons (Fsp3) is 0. The van der Waals surface area contributed by atoms with Gasteiger partial charge in [-0.25, -0.2) is 4.99 Å². The fourth-order valence-electron chi connectivity index (χ4n) is 2.68. The van der Waals surface area contributed by atoms with Gasteiger partial charge in [0.2, 0.25) is 0 Å². The molecule has 0 saturated heterocycles. The highest BCUT2D eigenvalue weighted by Gasteiger charge is 2.34. The lowest BCUT2D eigenvalue weighted by atomic mass is 10.1. The van der Waals surface area contributed by atoms with Gasteiger partial charge in [-0.2, -0.15) is 11.3 Å². The molecule has 0 radical (unpaired) electrons. The number of aliphatic imine (C=N–C) groups is 1. The molecule has 0 aliphatic carbocycles. The summed E-state index contributed by atoms with van der Waals surface area (Å²) in [5, 5.41) is 4.84. The van der Waals surface area contributed by atoms with Crippen molar-refractivity contribution in [3.05, 3.63) is 74.9 Å². The number of anilines is 2. The molecule has 6 heteroatoms. The van der Waals surface area contributed by atoms with Gasteiger partial charge in [0.1, 0.15) is 5.71 Å². The Hall–Kier alpha value is -2.14. The quantitative estimate of drug-likeness (QED) is 0.554. The zero-order valence-electron chi connectivity index (χ0n) is 12.2. The van der Waals surface area contributed by atoms with Gasteiger partial charge >= 0.3 is 0 Å². The van der Waals surface area contributed by atoms with Gasteiger partial charge in [0.15, 0.2) is 0 Å². The first kappa shape index (κ1) is 15.4. The van der Waals surface area contributed by atoms with Crippen LogP contribution in [0.5, 0.6) is 0 Å². The molecular formula is C18H10Cl2N2OS. The number of benzene rings is 2. The van der Waals surface area contributed by atoms with Crippen molar-refractivity contribution in [2.24, 2.45) is 4.99 Å². The van der Waals surface area contributed by atoms with Crippen molar-refractivity contribution in [3.8, 4) is 0 Å². The molecule has 24 heavy (non-hydrogen) atoms. The van der Waals surface area contributed by atoms with Crippen molar-refractivity contribution in [3.63, 3.8) is 0 Å². The second-order valence-electron chi connectivity index (χ2n) is 5.23. The molecule has 0 saturated carbocycles. The molecule has 0 spiro atoms. The van der Waals surface area contributed by atoms with Crippen LogP contribution in [-0.2, 0) is 4.79 Å². The van der Waals surface area contributed by atoms with Crippen LogP contribution in [0.3, 0.4) is 0 Å². The van der Waals surface area contributed by atoms with Gasteiger partial charge < -0.3 is 0 Å². The lowest BCUT2D eigenvalue weighted by Gasteiger charge is -2.14. The van der Waals surface area contributed by atoms with Gasteiger partial charge in [0.25, 0.3) is 5.91 Å². The minimum atomic E-state index is -0.161. The van der Waals surface area contributed by atoms with Gasteiger partial charge in [-0.15, -0.1) is 0 Å². The maximum absolute atomic E-state index is 13.0. The largest absolute Gasteiger partial charge is 0.282 e.